The van der Waals surface area contributed by atoms with Crippen LogP contribution < -0.4 is 15.8 Å². The highest BCUT2D eigenvalue weighted by atomic mass is 16.2. The van der Waals surface area contributed by atoms with E-state index >= 15 is 0 Å². The minimum Gasteiger partial charge on any atom is -0.352 e. The molecule has 0 spiro atoms. The molecule has 5 rings (SSSR count). The average Bonchev–Trinajstić information content (AvgIpc) is 2.90. The molecule has 0 bridgehead atoms. The van der Waals surface area contributed by atoms with Crippen LogP contribution in [0, 0.1) is 19.8 Å². The molecule has 0 radical (unpaired) electrons. The Morgan fingerprint density at radius 1 is 0.972 bits per heavy atom. The van der Waals surface area contributed by atoms with Gasteiger partial charge in [-0.05, 0) is 49.9 Å². The van der Waals surface area contributed by atoms with Gasteiger partial charge in [-0.25, -0.2) is 4.98 Å². The molecule has 0 unspecified atom stereocenters. The lowest BCUT2D eigenvalue weighted by Crippen LogP contribution is -2.45. The number of benzene rings is 3. The molecule has 4 aromatic rings. The average molecular weight is 481 g/mol. The summed E-state index contributed by atoms with van der Waals surface area (Å²) in [6.45, 7) is 6.29. The van der Waals surface area contributed by atoms with Crippen molar-refractivity contribution >= 4 is 22.8 Å². The Balaban J connectivity index is 1.39. The summed E-state index contributed by atoms with van der Waals surface area (Å²) in [6, 6.07) is 24.2. The lowest BCUT2D eigenvalue weighted by Gasteiger charge is -2.33. The molecule has 2 heterocycles. The van der Waals surface area contributed by atoms with E-state index in [2.05, 4.69) is 42.6 Å². The quantitative estimate of drug-likeness (QED) is 0.438. The molecule has 1 saturated heterocycles. The summed E-state index contributed by atoms with van der Waals surface area (Å²) in [4.78, 5) is 33.5. The van der Waals surface area contributed by atoms with E-state index in [0.717, 1.165) is 35.0 Å². The Morgan fingerprint density at radius 2 is 1.78 bits per heavy atom. The summed E-state index contributed by atoms with van der Waals surface area (Å²) in [7, 11) is 0. The number of piperidine rings is 1. The number of carbonyl (C=O) groups is 1. The molecule has 1 aromatic heterocycles. The van der Waals surface area contributed by atoms with Gasteiger partial charge in [0, 0.05) is 19.6 Å². The second kappa shape index (κ2) is 10.4. The maximum Gasteiger partial charge on any atom is 0.294 e. The number of nitrogens with one attached hydrogen (secondary N) is 1. The lowest BCUT2D eigenvalue weighted by atomic mass is 9.97. The number of nitrogens with zero attached hydrogens (tertiary/aromatic N) is 3. The topological polar surface area (TPSA) is 67.2 Å². The van der Waals surface area contributed by atoms with Crippen molar-refractivity contribution in [2.75, 3.05) is 18.0 Å². The van der Waals surface area contributed by atoms with Crippen LogP contribution in [0.4, 0.5) is 5.82 Å². The number of hydrogen-bond donors (Lipinski definition) is 1. The number of aryl methyl sites for hydroxylation is 2. The van der Waals surface area contributed by atoms with E-state index in [0.29, 0.717) is 32.0 Å². The number of carbonyl (C=O) groups excluding carboxylic acids is 1. The van der Waals surface area contributed by atoms with E-state index in [1.54, 1.807) is 0 Å². The van der Waals surface area contributed by atoms with Crippen molar-refractivity contribution in [3.63, 3.8) is 0 Å². The molecule has 1 fully saturated rings. The van der Waals surface area contributed by atoms with Gasteiger partial charge in [-0.15, -0.1) is 0 Å². The molecule has 6 heteroatoms. The number of rotatable bonds is 6. The fourth-order valence-corrected chi connectivity index (χ4v) is 4.96. The Labute approximate surface area is 211 Å². The van der Waals surface area contributed by atoms with Gasteiger partial charge in [0.05, 0.1) is 23.5 Å². The predicted molar refractivity (Wildman–Crippen MR) is 144 cm³/mol. The van der Waals surface area contributed by atoms with E-state index in [1.807, 2.05) is 58.9 Å². The molecule has 1 amide bonds. The highest BCUT2D eigenvalue weighted by Crippen LogP contribution is 2.22. The van der Waals surface area contributed by atoms with Gasteiger partial charge < -0.3 is 10.2 Å². The minimum absolute atomic E-state index is 0.0296. The monoisotopic (exact) mass is 480 g/mol. The Kier molecular flexibility index (Phi) is 6.85. The van der Waals surface area contributed by atoms with Crippen molar-refractivity contribution in [2.45, 2.75) is 39.8 Å². The summed E-state index contributed by atoms with van der Waals surface area (Å²) in [5.41, 5.74) is 6.00. The molecule has 36 heavy (non-hydrogen) atoms. The normalized spacial score (nSPS) is 15.7. The van der Waals surface area contributed by atoms with E-state index < -0.39 is 0 Å². The largest absolute Gasteiger partial charge is 0.352 e. The molecule has 1 aliphatic rings. The fraction of sp³-hybridized carbons (Fsp3) is 0.300. The molecule has 1 aliphatic heterocycles. The van der Waals surface area contributed by atoms with Gasteiger partial charge >= 0.3 is 0 Å². The van der Waals surface area contributed by atoms with Gasteiger partial charge in [-0.2, -0.15) is 0 Å². The smallest absolute Gasteiger partial charge is 0.294 e. The predicted octanol–water partition coefficient (Wildman–Crippen LogP) is 4.59. The SMILES string of the molecule is Cc1ccc(Cn2c(=O)c(N3CCC[C@H](C(=O)NCc4cccc(C)c4)C3)nc3ccccc32)cc1. The number of hydrogen-bond acceptors (Lipinski definition) is 4. The van der Waals surface area contributed by atoms with Crippen molar-refractivity contribution in [1.82, 2.24) is 14.9 Å². The standard InChI is InChI=1S/C30H32N4O2/c1-21-12-14-23(15-13-21)19-34-27-11-4-3-10-26(27)32-28(30(34)36)33-16-6-9-25(20-33)29(35)31-18-24-8-5-7-22(2)17-24/h3-5,7-8,10-15,17,25H,6,9,16,18-20H2,1-2H3,(H,31,35)/t25-/m0/s1. The fourth-order valence-electron chi connectivity index (χ4n) is 4.96. The van der Waals surface area contributed by atoms with Crippen LogP contribution in [0.3, 0.4) is 0 Å². The van der Waals surface area contributed by atoms with Crippen LogP contribution in [0.2, 0.25) is 0 Å². The van der Waals surface area contributed by atoms with Crippen LogP contribution >= 0.6 is 0 Å². The molecular weight excluding hydrogens is 448 g/mol. The Hall–Kier alpha value is -3.93. The summed E-state index contributed by atoms with van der Waals surface area (Å²) < 4.78 is 1.81. The second-order valence-corrected chi connectivity index (χ2v) is 9.79. The zero-order valence-electron chi connectivity index (χ0n) is 20.9. The van der Waals surface area contributed by atoms with Gasteiger partial charge in [0.1, 0.15) is 0 Å². The van der Waals surface area contributed by atoms with Gasteiger partial charge in [0.15, 0.2) is 5.82 Å². The molecule has 0 aliphatic carbocycles. The van der Waals surface area contributed by atoms with Gasteiger partial charge in [-0.1, -0.05) is 71.8 Å². The second-order valence-electron chi connectivity index (χ2n) is 9.79. The third-order valence-electron chi connectivity index (χ3n) is 6.94. The van der Waals surface area contributed by atoms with Crippen LogP contribution in [0.1, 0.15) is 35.1 Å². The Bertz CT molecular complexity index is 1440. The van der Waals surface area contributed by atoms with Gasteiger partial charge in [0.25, 0.3) is 5.56 Å². The summed E-state index contributed by atoms with van der Waals surface area (Å²) in [5, 5.41) is 3.09. The number of aromatic nitrogens is 2. The summed E-state index contributed by atoms with van der Waals surface area (Å²) in [5.74, 6) is 0.278. The highest BCUT2D eigenvalue weighted by Gasteiger charge is 2.28. The van der Waals surface area contributed by atoms with Crippen molar-refractivity contribution in [3.05, 3.63) is 105 Å². The van der Waals surface area contributed by atoms with Crippen LogP contribution in [-0.2, 0) is 17.9 Å². The van der Waals surface area contributed by atoms with Gasteiger partial charge in [0.2, 0.25) is 5.91 Å². The minimum atomic E-state index is -0.179. The van der Waals surface area contributed by atoms with E-state index in [9.17, 15) is 9.59 Å². The highest BCUT2D eigenvalue weighted by molar-refractivity contribution is 5.80. The molecular formula is C30H32N4O2. The zero-order chi connectivity index (χ0) is 25.1. The van der Waals surface area contributed by atoms with Crippen LogP contribution in [-0.4, -0.2) is 28.5 Å². The maximum absolute atomic E-state index is 13.7. The van der Waals surface area contributed by atoms with Crippen molar-refractivity contribution < 1.29 is 4.79 Å². The first-order valence-corrected chi connectivity index (χ1v) is 12.6. The van der Waals surface area contributed by atoms with Gasteiger partial charge in [-0.3, -0.25) is 14.2 Å². The summed E-state index contributed by atoms with van der Waals surface area (Å²) >= 11 is 0. The number of fused-ring (bicyclic) bond motifs is 1. The first-order chi connectivity index (χ1) is 17.5. The van der Waals surface area contributed by atoms with Crippen molar-refractivity contribution in [2.24, 2.45) is 5.92 Å². The van der Waals surface area contributed by atoms with E-state index in [-0.39, 0.29) is 17.4 Å². The molecule has 3 aromatic carbocycles. The Morgan fingerprint density at radius 3 is 2.58 bits per heavy atom. The number of amides is 1. The third kappa shape index (κ3) is 5.18. The zero-order valence-corrected chi connectivity index (χ0v) is 20.9. The number of para-hydroxylation sites is 2. The molecule has 0 saturated carbocycles. The molecule has 6 nitrogen and oxygen atoms in total. The first-order valence-electron chi connectivity index (χ1n) is 12.6. The first kappa shape index (κ1) is 23.8. The maximum atomic E-state index is 13.7. The molecule has 184 valence electrons. The third-order valence-corrected chi connectivity index (χ3v) is 6.94. The van der Waals surface area contributed by atoms with Crippen molar-refractivity contribution in [3.8, 4) is 0 Å². The van der Waals surface area contributed by atoms with E-state index in [1.165, 1.54) is 11.1 Å². The van der Waals surface area contributed by atoms with Crippen LogP contribution in [0.25, 0.3) is 11.0 Å². The summed E-state index contributed by atoms with van der Waals surface area (Å²) in [6.07, 6.45) is 1.65. The molecule has 1 atom stereocenters. The van der Waals surface area contributed by atoms with Crippen LogP contribution in [0.15, 0.2) is 77.6 Å². The van der Waals surface area contributed by atoms with Crippen LogP contribution in [0.5, 0.6) is 0 Å². The van der Waals surface area contributed by atoms with E-state index in [4.69, 9.17) is 4.98 Å². The lowest BCUT2D eigenvalue weighted by molar-refractivity contribution is -0.125. The van der Waals surface area contributed by atoms with Crippen molar-refractivity contribution in [1.29, 1.82) is 0 Å². The molecule has 1 N–H and O–H groups in total. The number of anilines is 1.